The molecule has 1 heterocycles. The van der Waals surface area contributed by atoms with Crippen molar-refractivity contribution in [1.82, 2.24) is 4.90 Å². The average Bonchev–Trinajstić information content (AvgIpc) is 2.93. The minimum absolute atomic E-state index is 0.0795. The lowest BCUT2D eigenvalue weighted by Crippen LogP contribution is -2.29. The number of carbonyl (C=O) groups is 2. The number of benzene rings is 2. The molecule has 2 aromatic carbocycles. The number of methoxy groups -OCH3 is 1. The number of likely N-dealkylation sites (tertiary alicyclic amines) is 1. The fourth-order valence-corrected chi connectivity index (χ4v) is 3.21. The van der Waals surface area contributed by atoms with Crippen LogP contribution < -0.4 is 4.74 Å². The largest absolute Gasteiger partial charge is 0.507 e. The van der Waals surface area contributed by atoms with E-state index in [0.717, 1.165) is 5.56 Å². The summed E-state index contributed by atoms with van der Waals surface area (Å²) in [7, 11) is 1.57. The van der Waals surface area contributed by atoms with E-state index in [1.165, 1.54) is 4.90 Å². The number of Topliss-reactive ketones (excluding diaryl/α,β-unsaturated/α-hetero) is 1. The molecule has 1 atom stereocenters. The van der Waals surface area contributed by atoms with Gasteiger partial charge in [-0.1, -0.05) is 48.0 Å². The van der Waals surface area contributed by atoms with E-state index < -0.39 is 17.7 Å². The zero-order valence-electron chi connectivity index (χ0n) is 15.3. The number of ether oxygens (including phenoxy) is 1. The van der Waals surface area contributed by atoms with Crippen LogP contribution in [0.3, 0.4) is 0 Å². The zero-order chi connectivity index (χ0) is 19.6. The summed E-state index contributed by atoms with van der Waals surface area (Å²) in [5, 5.41) is 10.8. The van der Waals surface area contributed by atoms with Gasteiger partial charge in [-0.25, -0.2) is 0 Å². The van der Waals surface area contributed by atoms with Crippen LogP contribution in [0, 0.1) is 6.92 Å². The van der Waals surface area contributed by atoms with Crippen LogP contribution in [0.1, 0.15) is 22.7 Å². The number of hydrogen-bond acceptors (Lipinski definition) is 4. The number of carbonyl (C=O) groups excluding carboxylic acids is 2. The summed E-state index contributed by atoms with van der Waals surface area (Å²) in [6, 6.07) is 13.6. The van der Waals surface area contributed by atoms with Gasteiger partial charge in [-0.2, -0.15) is 0 Å². The summed E-state index contributed by atoms with van der Waals surface area (Å²) >= 11 is 0. The van der Waals surface area contributed by atoms with Crippen LogP contribution >= 0.6 is 0 Å². The standard InChI is InChI=1S/C22H21NO4/c1-4-13-23-19(15-9-11-17(27-3)12-10-15)18(21(25)22(23)26)20(24)16-7-5-14(2)6-8-16/h4-12,19,24H,1,13H2,2-3H3/b20-18+. The van der Waals surface area contributed by atoms with Gasteiger partial charge < -0.3 is 14.7 Å². The van der Waals surface area contributed by atoms with Gasteiger partial charge in [0.05, 0.1) is 18.7 Å². The minimum Gasteiger partial charge on any atom is -0.507 e. The molecular weight excluding hydrogens is 342 g/mol. The lowest BCUT2D eigenvalue weighted by atomic mass is 9.95. The van der Waals surface area contributed by atoms with Crippen molar-refractivity contribution < 1.29 is 19.4 Å². The first-order chi connectivity index (χ1) is 13.0. The molecule has 1 unspecified atom stereocenters. The smallest absolute Gasteiger partial charge is 0.295 e. The van der Waals surface area contributed by atoms with Crippen molar-refractivity contribution in [2.24, 2.45) is 0 Å². The minimum atomic E-state index is -0.698. The van der Waals surface area contributed by atoms with Gasteiger partial charge in [0.25, 0.3) is 11.7 Å². The molecule has 0 saturated carbocycles. The highest BCUT2D eigenvalue weighted by molar-refractivity contribution is 6.46. The van der Waals surface area contributed by atoms with Crippen LogP contribution in [-0.4, -0.2) is 35.4 Å². The van der Waals surface area contributed by atoms with Crippen molar-refractivity contribution in [1.29, 1.82) is 0 Å². The Morgan fingerprint density at radius 3 is 2.33 bits per heavy atom. The van der Waals surface area contributed by atoms with Crippen molar-refractivity contribution in [2.45, 2.75) is 13.0 Å². The molecule has 0 spiro atoms. The van der Waals surface area contributed by atoms with Crippen LogP contribution in [0.25, 0.3) is 5.76 Å². The summed E-state index contributed by atoms with van der Waals surface area (Å²) in [6.45, 7) is 5.81. The van der Waals surface area contributed by atoms with E-state index in [1.54, 1.807) is 49.6 Å². The van der Waals surface area contributed by atoms with Crippen LogP contribution in [0.2, 0.25) is 0 Å². The first kappa shape index (κ1) is 18.5. The number of amides is 1. The van der Waals surface area contributed by atoms with Crippen LogP contribution in [0.5, 0.6) is 5.75 Å². The Kier molecular flexibility index (Phi) is 5.12. The lowest BCUT2D eigenvalue weighted by Gasteiger charge is -2.24. The van der Waals surface area contributed by atoms with E-state index in [-0.39, 0.29) is 17.9 Å². The first-order valence-corrected chi connectivity index (χ1v) is 8.58. The molecule has 0 radical (unpaired) electrons. The summed E-state index contributed by atoms with van der Waals surface area (Å²) < 4.78 is 5.18. The monoisotopic (exact) mass is 363 g/mol. The number of rotatable bonds is 5. The van der Waals surface area contributed by atoms with Crippen molar-refractivity contribution in [3.8, 4) is 5.75 Å². The molecule has 27 heavy (non-hydrogen) atoms. The number of aliphatic hydroxyl groups is 1. The Morgan fingerprint density at radius 2 is 1.78 bits per heavy atom. The highest BCUT2D eigenvalue weighted by Crippen LogP contribution is 2.39. The van der Waals surface area contributed by atoms with Gasteiger partial charge in [0, 0.05) is 12.1 Å². The number of aryl methyl sites for hydroxylation is 1. The SMILES string of the molecule is C=CCN1C(=O)C(=O)/C(=C(/O)c2ccc(C)cc2)C1c1ccc(OC)cc1. The number of hydrogen-bond donors (Lipinski definition) is 1. The Balaban J connectivity index is 2.16. The first-order valence-electron chi connectivity index (χ1n) is 8.58. The molecule has 2 aromatic rings. The summed E-state index contributed by atoms with van der Waals surface area (Å²) in [4.78, 5) is 26.7. The quantitative estimate of drug-likeness (QED) is 0.381. The van der Waals surface area contributed by atoms with Crippen molar-refractivity contribution >= 4 is 17.4 Å². The summed E-state index contributed by atoms with van der Waals surface area (Å²) in [5.74, 6) is -0.862. The molecule has 5 heteroatoms. The predicted molar refractivity (Wildman–Crippen MR) is 103 cm³/mol. The lowest BCUT2D eigenvalue weighted by molar-refractivity contribution is -0.139. The van der Waals surface area contributed by atoms with Gasteiger partial charge >= 0.3 is 0 Å². The zero-order valence-corrected chi connectivity index (χ0v) is 15.3. The second kappa shape index (κ2) is 7.50. The second-order valence-corrected chi connectivity index (χ2v) is 6.38. The molecule has 138 valence electrons. The van der Waals surface area contributed by atoms with Crippen molar-refractivity contribution in [3.05, 3.63) is 83.4 Å². The number of aliphatic hydroxyl groups excluding tert-OH is 1. The summed E-state index contributed by atoms with van der Waals surface area (Å²) in [6.07, 6.45) is 1.56. The van der Waals surface area contributed by atoms with Gasteiger partial charge in [-0.05, 0) is 24.6 Å². The van der Waals surface area contributed by atoms with Gasteiger partial charge in [-0.3, -0.25) is 9.59 Å². The number of ketones is 1. The fraction of sp³-hybridized carbons (Fsp3) is 0.182. The topological polar surface area (TPSA) is 66.8 Å². The van der Waals surface area contributed by atoms with E-state index in [4.69, 9.17) is 4.74 Å². The maximum absolute atomic E-state index is 12.7. The number of nitrogens with zero attached hydrogens (tertiary/aromatic N) is 1. The van der Waals surface area contributed by atoms with Gasteiger partial charge in [0.1, 0.15) is 11.5 Å². The molecule has 1 saturated heterocycles. The summed E-state index contributed by atoms with van der Waals surface area (Å²) in [5.41, 5.74) is 2.32. The van der Waals surface area contributed by atoms with Crippen molar-refractivity contribution in [2.75, 3.05) is 13.7 Å². The highest BCUT2D eigenvalue weighted by atomic mass is 16.5. The van der Waals surface area contributed by atoms with E-state index in [2.05, 4.69) is 6.58 Å². The molecule has 1 amide bonds. The molecule has 1 fully saturated rings. The van der Waals surface area contributed by atoms with E-state index in [1.807, 2.05) is 19.1 Å². The van der Waals surface area contributed by atoms with E-state index in [9.17, 15) is 14.7 Å². The van der Waals surface area contributed by atoms with Gasteiger partial charge in [0.2, 0.25) is 0 Å². The maximum atomic E-state index is 12.7. The van der Waals surface area contributed by atoms with Crippen molar-refractivity contribution in [3.63, 3.8) is 0 Å². The third-order valence-electron chi connectivity index (χ3n) is 4.62. The molecule has 5 nitrogen and oxygen atoms in total. The van der Waals surface area contributed by atoms with Crippen LogP contribution in [0.15, 0.2) is 66.8 Å². The average molecular weight is 363 g/mol. The Morgan fingerprint density at radius 1 is 1.15 bits per heavy atom. The molecule has 3 rings (SSSR count). The predicted octanol–water partition coefficient (Wildman–Crippen LogP) is 3.61. The normalized spacial score (nSPS) is 18.6. The Labute approximate surface area is 158 Å². The highest BCUT2D eigenvalue weighted by Gasteiger charge is 2.45. The van der Waals surface area contributed by atoms with E-state index >= 15 is 0 Å². The Hall–Kier alpha value is -3.34. The maximum Gasteiger partial charge on any atom is 0.295 e. The van der Waals surface area contributed by atoms with Crippen LogP contribution in [0.4, 0.5) is 0 Å². The molecule has 0 aliphatic carbocycles. The fourth-order valence-electron chi connectivity index (χ4n) is 3.21. The van der Waals surface area contributed by atoms with E-state index in [0.29, 0.717) is 16.9 Å². The van der Waals surface area contributed by atoms with Crippen LogP contribution in [-0.2, 0) is 9.59 Å². The molecule has 1 N–H and O–H groups in total. The third-order valence-corrected chi connectivity index (χ3v) is 4.62. The molecule has 0 bridgehead atoms. The molecular formula is C22H21NO4. The Bertz CT molecular complexity index is 910. The third kappa shape index (κ3) is 3.36. The molecule has 1 aliphatic heterocycles. The van der Waals surface area contributed by atoms with Gasteiger partial charge in [-0.15, -0.1) is 6.58 Å². The second-order valence-electron chi connectivity index (χ2n) is 6.38. The van der Waals surface area contributed by atoms with Gasteiger partial charge in [0.15, 0.2) is 0 Å². The molecule has 1 aliphatic rings. The molecule has 0 aromatic heterocycles.